The fourth-order valence-electron chi connectivity index (χ4n) is 5.12. The van der Waals surface area contributed by atoms with Crippen LogP contribution in [0.25, 0.3) is 0 Å². The standard InChI is InChI=1S/C34H67NO3/c1-3-5-7-9-11-13-15-16-17-18-20-22-24-26-28-30-34(38)35-32(31-36)33(37)29-27-25-23-21-19-14-12-10-8-6-4-2/h16-17,32-33,36-37H,3-15,18-31H2,1-2H3,(H,35,38)/b17-16-. The summed E-state index contributed by atoms with van der Waals surface area (Å²) in [6, 6.07) is -0.534. The van der Waals surface area contributed by atoms with Crippen LogP contribution in [0, 0.1) is 0 Å². The molecular weight excluding hydrogens is 470 g/mol. The molecule has 0 heterocycles. The predicted octanol–water partition coefficient (Wildman–Crippen LogP) is 9.56. The van der Waals surface area contributed by atoms with E-state index < -0.39 is 12.1 Å². The van der Waals surface area contributed by atoms with Crippen LogP contribution in [-0.4, -0.2) is 34.9 Å². The Bertz CT molecular complexity index is 508. The SMILES string of the molecule is CCCCCCCC/C=C\CCCCCCCC(=O)NC(CO)C(O)CCCCCCCCCCCCC. The van der Waals surface area contributed by atoms with Gasteiger partial charge in [-0.1, -0.05) is 148 Å². The quantitative estimate of drug-likeness (QED) is 0.0631. The monoisotopic (exact) mass is 538 g/mol. The number of aliphatic hydroxyl groups is 2. The second kappa shape index (κ2) is 30.7. The van der Waals surface area contributed by atoms with Crippen LogP contribution in [0.3, 0.4) is 0 Å². The molecule has 0 aromatic heterocycles. The van der Waals surface area contributed by atoms with Gasteiger partial charge in [0, 0.05) is 6.42 Å². The Hall–Kier alpha value is -0.870. The highest BCUT2D eigenvalue weighted by Gasteiger charge is 2.19. The molecule has 226 valence electrons. The van der Waals surface area contributed by atoms with E-state index in [1.54, 1.807) is 0 Å². The van der Waals surface area contributed by atoms with E-state index in [1.807, 2.05) is 0 Å². The van der Waals surface area contributed by atoms with E-state index in [0.717, 1.165) is 25.7 Å². The van der Waals surface area contributed by atoms with E-state index in [0.29, 0.717) is 12.8 Å². The lowest BCUT2D eigenvalue weighted by atomic mass is 10.0. The zero-order chi connectivity index (χ0) is 27.9. The summed E-state index contributed by atoms with van der Waals surface area (Å²) in [5, 5.41) is 22.9. The Balaban J connectivity index is 3.59. The summed E-state index contributed by atoms with van der Waals surface area (Å²) in [5.74, 6) is -0.0420. The molecule has 0 aromatic rings. The Morgan fingerprint density at radius 1 is 0.605 bits per heavy atom. The Morgan fingerprint density at radius 2 is 1.00 bits per heavy atom. The molecule has 2 atom stereocenters. The van der Waals surface area contributed by atoms with Crippen LogP contribution in [0.1, 0.15) is 181 Å². The molecule has 38 heavy (non-hydrogen) atoms. The van der Waals surface area contributed by atoms with Gasteiger partial charge in [0.15, 0.2) is 0 Å². The highest BCUT2D eigenvalue weighted by molar-refractivity contribution is 5.76. The molecule has 0 aliphatic rings. The van der Waals surface area contributed by atoms with E-state index in [-0.39, 0.29) is 12.5 Å². The Kier molecular flexibility index (Phi) is 30.0. The first-order valence-electron chi connectivity index (χ1n) is 16.9. The molecule has 0 aromatic carbocycles. The fraction of sp³-hybridized carbons (Fsp3) is 0.912. The van der Waals surface area contributed by atoms with Crippen molar-refractivity contribution in [3.05, 3.63) is 12.2 Å². The van der Waals surface area contributed by atoms with Crippen LogP contribution in [0.2, 0.25) is 0 Å². The Labute approximate surface area is 237 Å². The average Bonchev–Trinajstić information content (AvgIpc) is 2.92. The maximum atomic E-state index is 12.3. The average molecular weight is 538 g/mol. The van der Waals surface area contributed by atoms with Gasteiger partial charge in [-0.15, -0.1) is 0 Å². The van der Waals surface area contributed by atoms with Gasteiger partial charge < -0.3 is 15.5 Å². The zero-order valence-electron chi connectivity index (χ0n) is 25.7. The number of carbonyl (C=O) groups excluding carboxylic acids is 1. The lowest BCUT2D eigenvalue weighted by Gasteiger charge is -2.22. The van der Waals surface area contributed by atoms with Gasteiger partial charge >= 0.3 is 0 Å². The van der Waals surface area contributed by atoms with Gasteiger partial charge in [0.1, 0.15) is 0 Å². The maximum Gasteiger partial charge on any atom is 0.220 e. The van der Waals surface area contributed by atoms with Gasteiger partial charge in [0.25, 0.3) is 0 Å². The van der Waals surface area contributed by atoms with E-state index in [2.05, 4.69) is 31.3 Å². The van der Waals surface area contributed by atoms with Gasteiger partial charge in [-0.05, 0) is 38.5 Å². The van der Waals surface area contributed by atoms with Crippen molar-refractivity contribution in [1.82, 2.24) is 5.32 Å². The summed E-state index contributed by atoms with van der Waals surface area (Å²) in [4.78, 5) is 12.3. The van der Waals surface area contributed by atoms with Crippen molar-refractivity contribution in [3.63, 3.8) is 0 Å². The molecule has 4 nitrogen and oxygen atoms in total. The number of aliphatic hydroxyl groups excluding tert-OH is 2. The van der Waals surface area contributed by atoms with E-state index >= 15 is 0 Å². The molecule has 0 aliphatic carbocycles. The van der Waals surface area contributed by atoms with Crippen molar-refractivity contribution in [2.75, 3.05) is 6.61 Å². The van der Waals surface area contributed by atoms with E-state index in [9.17, 15) is 15.0 Å². The van der Waals surface area contributed by atoms with Crippen LogP contribution in [-0.2, 0) is 4.79 Å². The molecule has 2 unspecified atom stereocenters. The largest absolute Gasteiger partial charge is 0.394 e. The molecule has 0 aliphatic heterocycles. The van der Waals surface area contributed by atoms with Crippen molar-refractivity contribution in [2.24, 2.45) is 0 Å². The first kappa shape index (κ1) is 37.1. The third-order valence-corrected chi connectivity index (χ3v) is 7.78. The third kappa shape index (κ3) is 26.7. The topological polar surface area (TPSA) is 69.6 Å². The van der Waals surface area contributed by atoms with Gasteiger partial charge in [0.2, 0.25) is 5.91 Å². The molecule has 0 rings (SSSR count). The molecule has 3 N–H and O–H groups in total. The third-order valence-electron chi connectivity index (χ3n) is 7.78. The number of amides is 1. The molecular formula is C34H67NO3. The number of carbonyl (C=O) groups is 1. The molecule has 0 saturated carbocycles. The van der Waals surface area contributed by atoms with Crippen LogP contribution in [0.5, 0.6) is 0 Å². The van der Waals surface area contributed by atoms with Crippen molar-refractivity contribution in [1.29, 1.82) is 0 Å². The first-order chi connectivity index (χ1) is 18.7. The van der Waals surface area contributed by atoms with Gasteiger partial charge in [-0.2, -0.15) is 0 Å². The molecule has 0 bridgehead atoms. The van der Waals surface area contributed by atoms with Crippen LogP contribution in [0.15, 0.2) is 12.2 Å². The fourth-order valence-corrected chi connectivity index (χ4v) is 5.12. The summed E-state index contributed by atoms with van der Waals surface area (Å²) >= 11 is 0. The van der Waals surface area contributed by atoms with Crippen molar-refractivity contribution in [3.8, 4) is 0 Å². The second-order valence-corrected chi connectivity index (χ2v) is 11.6. The zero-order valence-corrected chi connectivity index (χ0v) is 25.7. The van der Waals surface area contributed by atoms with Crippen LogP contribution >= 0.6 is 0 Å². The van der Waals surface area contributed by atoms with Gasteiger partial charge in [-0.25, -0.2) is 0 Å². The first-order valence-corrected chi connectivity index (χ1v) is 16.9. The number of hydrogen-bond acceptors (Lipinski definition) is 3. The lowest BCUT2D eigenvalue weighted by molar-refractivity contribution is -0.123. The van der Waals surface area contributed by atoms with Crippen molar-refractivity contribution in [2.45, 2.75) is 193 Å². The molecule has 1 amide bonds. The number of hydrogen-bond donors (Lipinski definition) is 3. The highest BCUT2D eigenvalue weighted by Crippen LogP contribution is 2.14. The molecule has 0 fully saturated rings. The highest BCUT2D eigenvalue weighted by atomic mass is 16.3. The van der Waals surface area contributed by atoms with Crippen LogP contribution < -0.4 is 5.32 Å². The van der Waals surface area contributed by atoms with Crippen molar-refractivity contribution >= 4 is 5.91 Å². The summed E-state index contributed by atoms with van der Waals surface area (Å²) in [7, 11) is 0. The summed E-state index contributed by atoms with van der Waals surface area (Å²) in [6.07, 6.45) is 35.4. The summed E-state index contributed by atoms with van der Waals surface area (Å²) in [5.41, 5.74) is 0. The van der Waals surface area contributed by atoms with Gasteiger partial charge in [-0.3, -0.25) is 4.79 Å². The lowest BCUT2D eigenvalue weighted by Crippen LogP contribution is -2.45. The summed E-state index contributed by atoms with van der Waals surface area (Å²) in [6.45, 7) is 4.33. The minimum absolute atomic E-state index is 0.0420. The molecule has 4 heteroatoms. The maximum absolute atomic E-state index is 12.3. The van der Waals surface area contributed by atoms with Crippen LogP contribution in [0.4, 0.5) is 0 Å². The number of nitrogens with one attached hydrogen (secondary N) is 1. The smallest absolute Gasteiger partial charge is 0.220 e. The van der Waals surface area contributed by atoms with Crippen molar-refractivity contribution < 1.29 is 15.0 Å². The number of rotatable bonds is 30. The molecule has 0 saturated heterocycles. The second-order valence-electron chi connectivity index (χ2n) is 11.6. The number of allylic oxidation sites excluding steroid dienone is 2. The minimum Gasteiger partial charge on any atom is -0.394 e. The predicted molar refractivity (Wildman–Crippen MR) is 166 cm³/mol. The van der Waals surface area contributed by atoms with E-state index in [1.165, 1.54) is 128 Å². The normalized spacial score (nSPS) is 13.3. The summed E-state index contributed by atoms with van der Waals surface area (Å²) < 4.78 is 0. The molecule has 0 radical (unpaired) electrons. The number of unbranched alkanes of at least 4 members (excludes halogenated alkanes) is 21. The Morgan fingerprint density at radius 3 is 1.45 bits per heavy atom. The minimum atomic E-state index is -0.656. The van der Waals surface area contributed by atoms with E-state index in [4.69, 9.17) is 0 Å². The van der Waals surface area contributed by atoms with Gasteiger partial charge in [0.05, 0.1) is 18.8 Å². The molecule has 0 spiro atoms.